The molecule has 2 aromatic carbocycles. The van der Waals surface area contributed by atoms with E-state index in [1.807, 2.05) is 24.3 Å². The quantitative estimate of drug-likeness (QED) is 0.825. The normalized spacial score (nSPS) is 16.1. The van der Waals surface area contributed by atoms with Crippen LogP contribution in [0.2, 0.25) is 0 Å². The zero-order chi connectivity index (χ0) is 21.3. The fourth-order valence-corrected chi connectivity index (χ4v) is 3.10. The highest BCUT2D eigenvalue weighted by atomic mass is 16.5. The van der Waals surface area contributed by atoms with Crippen LogP contribution in [0.5, 0.6) is 5.75 Å². The Hall–Kier alpha value is -3.35. The number of ether oxygens (including phenoxy) is 1. The van der Waals surface area contributed by atoms with Crippen molar-refractivity contribution in [2.24, 2.45) is 0 Å². The summed E-state index contributed by atoms with van der Waals surface area (Å²) in [6, 6.07) is 11.8. The lowest BCUT2D eigenvalue weighted by molar-refractivity contribution is -0.127. The summed E-state index contributed by atoms with van der Waals surface area (Å²) in [6.45, 7) is 7.66. The van der Waals surface area contributed by atoms with Gasteiger partial charge in [0.25, 0.3) is 5.91 Å². The average molecular weight is 396 g/mol. The molecule has 0 saturated heterocycles. The second-order valence-electron chi connectivity index (χ2n) is 8.05. The summed E-state index contributed by atoms with van der Waals surface area (Å²) in [7, 11) is 0. The highest BCUT2D eigenvalue weighted by molar-refractivity contribution is 6.06. The van der Waals surface area contributed by atoms with E-state index in [0.717, 1.165) is 5.56 Å². The van der Waals surface area contributed by atoms with Crippen LogP contribution in [0.3, 0.4) is 0 Å². The molecular weight excluding hydrogens is 372 g/mol. The first kappa shape index (κ1) is 20.4. The van der Waals surface area contributed by atoms with E-state index in [1.54, 1.807) is 6.92 Å². The predicted octanol–water partition coefficient (Wildman–Crippen LogP) is 3.43. The van der Waals surface area contributed by atoms with Crippen molar-refractivity contribution in [1.82, 2.24) is 0 Å². The number of hydrogen-bond acceptors (Lipinski definition) is 4. The molecule has 0 fully saturated rings. The van der Waals surface area contributed by atoms with Crippen LogP contribution in [-0.4, -0.2) is 35.5 Å². The molecule has 2 aromatic rings. The smallest absolute Gasteiger partial charge is 0.335 e. The van der Waals surface area contributed by atoms with Gasteiger partial charge in [-0.05, 0) is 48.2 Å². The topological polar surface area (TPSA) is 95.9 Å². The Morgan fingerprint density at radius 2 is 1.79 bits per heavy atom. The molecule has 2 N–H and O–H groups in total. The second kappa shape index (κ2) is 7.58. The average Bonchev–Trinajstić information content (AvgIpc) is 2.64. The van der Waals surface area contributed by atoms with Crippen LogP contribution in [0, 0.1) is 0 Å². The third-order valence-electron chi connectivity index (χ3n) is 4.75. The number of carboxylic acids is 1. The number of fused-ring (bicyclic) bond motifs is 1. The number of carboxylic acid groups (broad SMARTS) is 1. The molecule has 0 bridgehead atoms. The van der Waals surface area contributed by atoms with Gasteiger partial charge in [0.05, 0.1) is 11.3 Å². The van der Waals surface area contributed by atoms with E-state index in [-0.39, 0.29) is 29.1 Å². The van der Waals surface area contributed by atoms with Gasteiger partial charge in [-0.2, -0.15) is 0 Å². The molecule has 0 saturated carbocycles. The van der Waals surface area contributed by atoms with Crippen LogP contribution in [0.25, 0.3) is 0 Å². The van der Waals surface area contributed by atoms with Gasteiger partial charge in [0, 0.05) is 5.69 Å². The molecule has 1 unspecified atom stereocenters. The molecule has 7 heteroatoms. The van der Waals surface area contributed by atoms with E-state index >= 15 is 0 Å². The van der Waals surface area contributed by atoms with E-state index < -0.39 is 18.0 Å². The predicted molar refractivity (Wildman–Crippen MR) is 110 cm³/mol. The van der Waals surface area contributed by atoms with Crippen molar-refractivity contribution in [3.63, 3.8) is 0 Å². The largest absolute Gasteiger partial charge is 0.479 e. The lowest BCUT2D eigenvalue weighted by atomic mass is 9.87. The highest BCUT2D eigenvalue weighted by Gasteiger charge is 2.33. The molecule has 1 atom stereocenters. The van der Waals surface area contributed by atoms with E-state index in [4.69, 9.17) is 4.74 Å². The maximum atomic E-state index is 12.6. The maximum Gasteiger partial charge on any atom is 0.335 e. The van der Waals surface area contributed by atoms with Crippen LogP contribution in [0.4, 0.5) is 11.4 Å². The Morgan fingerprint density at radius 1 is 1.14 bits per heavy atom. The lowest BCUT2D eigenvalue weighted by Gasteiger charge is -2.32. The molecule has 0 aliphatic carbocycles. The molecule has 1 aliphatic rings. The van der Waals surface area contributed by atoms with E-state index in [1.165, 1.54) is 23.1 Å². The Morgan fingerprint density at radius 3 is 2.38 bits per heavy atom. The SMILES string of the molecule is CC1Oc2ccc(C(=O)O)cc2N(CC(=O)Nc2ccc(C(C)(C)C)cc2)C1=O. The molecule has 2 amide bonds. The van der Waals surface area contributed by atoms with Crippen molar-refractivity contribution in [2.75, 3.05) is 16.8 Å². The van der Waals surface area contributed by atoms with E-state index in [2.05, 4.69) is 26.1 Å². The third-order valence-corrected chi connectivity index (χ3v) is 4.75. The summed E-state index contributed by atoms with van der Waals surface area (Å²) in [5, 5.41) is 12.0. The number of anilines is 2. The number of hydrogen-bond donors (Lipinski definition) is 2. The Kier molecular flexibility index (Phi) is 5.33. The van der Waals surface area contributed by atoms with Crippen LogP contribution in [-0.2, 0) is 15.0 Å². The molecule has 0 radical (unpaired) electrons. The Balaban J connectivity index is 1.80. The monoisotopic (exact) mass is 396 g/mol. The molecule has 7 nitrogen and oxygen atoms in total. The van der Waals surface area contributed by atoms with Gasteiger partial charge in [-0.15, -0.1) is 0 Å². The minimum Gasteiger partial charge on any atom is -0.479 e. The fourth-order valence-electron chi connectivity index (χ4n) is 3.10. The number of benzene rings is 2. The van der Waals surface area contributed by atoms with Crippen molar-refractivity contribution in [2.45, 2.75) is 39.2 Å². The summed E-state index contributed by atoms with van der Waals surface area (Å²) < 4.78 is 5.54. The van der Waals surface area contributed by atoms with Crippen molar-refractivity contribution < 1.29 is 24.2 Å². The van der Waals surface area contributed by atoms with Gasteiger partial charge in [0.1, 0.15) is 12.3 Å². The van der Waals surface area contributed by atoms with Gasteiger partial charge in [-0.3, -0.25) is 14.5 Å². The molecule has 1 heterocycles. The van der Waals surface area contributed by atoms with Gasteiger partial charge in [0.15, 0.2) is 6.10 Å². The number of carbonyl (C=O) groups excluding carboxylic acids is 2. The number of nitrogens with zero attached hydrogens (tertiary/aromatic N) is 1. The summed E-state index contributed by atoms with van der Waals surface area (Å²) >= 11 is 0. The van der Waals surface area contributed by atoms with Gasteiger partial charge in [0.2, 0.25) is 5.91 Å². The first-order valence-electron chi connectivity index (χ1n) is 9.32. The van der Waals surface area contributed by atoms with Crippen molar-refractivity contribution in [1.29, 1.82) is 0 Å². The molecule has 1 aliphatic heterocycles. The number of rotatable bonds is 4. The first-order valence-corrected chi connectivity index (χ1v) is 9.32. The van der Waals surface area contributed by atoms with Crippen LogP contribution < -0.4 is 15.0 Å². The summed E-state index contributed by atoms with van der Waals surface area (Å²) in [6.07, 6.45) is -0.767. The number of aromatic carboxylic acids is 1. The second-order valence-corrected chi connectivity index (χ2v) is 8.05. The zero-order valence-corrected chi connectivity index (χ0v) is 16.9. The first-order chi connectivity index (χ1) is 13.6. The summed E-state index contributed by atoms with van der Waals surface area (Å²) in [5.41, 5.74) is 2.05. The maximum absolute atomic E-state index is 12.6. The van der Waals surface area contributed by atoms with Gasteiger partial charge >= 0.3 is 5.97 Å². The van der Waals surface area contributed by atoms with Crippen LogP contribution >= 0.6 is 0 Å². The fraction of sp³-hybridized carbons (Fsp3) is 0.318. The molecular formula is C22H24N2O5. The number of nitrogens with one attached hydrogen (secondary N) is 1. The molecule has 0 aromatic heterocycles. The minimum atomic E-state index is -1.12. The molecule has 152 valence electrons. The Labute approximate surface area is 169 Å². The van der Waals surface area contributed by atoms with E-state index in [0.29, 0.717) is 11.4 Å². The molecule has 29 heavy (non-hydrogen) atoms. The lowest BCUT2D eigenvalue weighted by Crippen LogP contribution is -2.47. The minimum absolute atomic E-state index is 0.00442. The van der Waals surface area contributed by atoms with Crippen molar-refractivity contribution >= 4 is 29.2 Å². The standard InChI is InChI=1S/C22H24N2O5/c1-13-20(26)24(17-11-14(21(27)28)5-10-18(17)29-13)12-19(25)23-16-8-6-15(7-9-16)22(2,3)4/h5-11,13H,12H2,1-4H3,(H,23,25)(H,27,28). The van der Waals surface area contributed by atoms with Crippen LogP contribution in [0.15, 0.2) is 42.5 Å². The third kappa shape index (κ3) is 4.39. The van der Waals surface area contributed by atoms with Crippen molar-refractivity contribution in [3.8, 4) is 5.75 Å². The van der Waals surface area contributed by atoms with Gasteiger partial charge in [-0.1, -0.05) is 32.9 Å². The van der Waals surface area contributed by atoms with Crippen molar-refractivity contribution in [3.05, 3.63) is 53.6 Å². The number of amides is 2. The van der Waals surface area contributed by atoms with Gasteiger partial charge in [-0.25, -0.2) is 4.79 Å². The summed E-state index contributed by atoms with van der Waals surface area (Å²) in [4.78, 5) is 37.7. The Bertz CT molecular complexity index is 960. The van der Waals surface area contributed by atoms with Gasteiger partial charge < -0.3 is 15.2 Å². The molecule has 3 rings (SSSR count). The van der Waals surface area contributed by atoms with E-state index in [9.17, 15) is 19.5 Å². The number of carbonyl (C=O) groups is 3. The zero-order valence-electron chi connectivity index (χ0n) is 16.9. The molecule has 0 spiro atoms. The van der Waals surface area contributed by atoms with Crippen LogP contribution in [0.1, 0.15) is 43.6 Å². The highest BCUT2D eigenvalue weighted by Crippen LogP contribution is 2.35. The summed E-state index contributed by atoms with van der Waals surface area (Å²) in [5.74, 6) is -1.55.